The van der Waals surface area contributed by atoms with Crippen LogP contribution in [0.3, 0.4) is 0 Å². The van der Waals surface area contributed by atoms with Crippen LogP contribution in [-0.4, -0.2) is 14.7 Å². The molecule has 0 bridgehead atoms. The summed E-state index contributed by atoms with van der Waals surface area (Å²) in [6.45, 7) is 0. The van der Waals surface area contributed by atoms with E-state index in [1.165, 1.54) is 24.3 Å². The average Bonchev–Trinajstić information content (AvgIpc) is 2.88. The molecule has 2 aromatic carbocycles. The van der Waals surface area contributed by atoms with Crippen LogP contribution in [0.5, 0.6) is 11.5 Å². The van der Waals surface area contributed by atoms with E-state index in [1.54, 1.807) is 0 Å². The van der Waals surface area contributed by atoms with Gasteiger partial charge >= 0.3 is 0 Å². The molecule has 0 aromatic heterocycles. The van der Waals surface area contributed by atoms with Crippen LogP contribution in [0.1, 0.15) is 16.7 Å². The Labute approximate surface area is 147 Å². The summed E-state index contributed by atoms with van der Waals surface area (Å²) in [5.41, 5.74) is 1.41. The fourth-order valence-electron chi connectivity index (χ4n) is 2.61. The number of ether oxygens (including phenoxy) is 1. The van der Waals surface area contributed by atoms with Gasteiger partial charge in [-0.2, -0.15) is 5.26 Å². The molecule has 1 aliphatic rings. The molecule has 0 unspecified atom stereocenters. The second kappa shape index (κ2) is 6.04. The van der Waals surface area contributed by atoms with Crippen molar-refractivity contribution in [1.82, 2.24) is 0 Å². The number of benzene rings is 2. The Morgan fingerprint density at radius 1 is 1.29 bits per heavy atom. The monoisotopic (exact) mass is 407 g/mol. The van der Waals surface area contributed by atoms with Gasteiger partial charge in [0.25, 0.3) is 0 Å². The molecule has 0 amide bonds. The van der Waals surface area contributed by atoms with Crippen molar-refractivity contribution in [2.75, 3.05) is 6.26 Å². The largest absolute Gasteiger partial charge is 0.457 e. The van der Waals surface area contributed by atoms with E-state index < -0.39 is 15.7 Å². The first-order valence-corrected chi connectivity index (χ1v) is 9.58. The van der Waals surface area contributed by atoms with Crippen molar-refractivity contribution in [3.63, 3.8) is 0 Å². The Hall–Kier alpha value is -2.17. The number of hydrogen-bond donors (Lipinski definition) is 0. The highest BCUT2D eigenvalue weighted by Gasteiger charge is 2.25. The summed E-state index contributed by atoms with van der Waals surface area (Å²) in [6.07, 6.45) is 3.46. The second-order valence-electron chi connectivity index (χ2n) is 5.33. The molecule has 0 atom stereocenters. The number of fused-ring (bicyclic) bond motifs is 1. The van der Waals surface area contributed by atoms with Crippen LogP contribution in [-0.2, 0) is 16.3 Å². The van der Waals surface area contributed by atoms with Crippen molar-refractivity contribution < 1.29 is 17.5 Å². The zero-order chi connectivity index (χ0) is 17.5. The predicted molar refractivity (Wildman–Crippen MR) is 91.3 cm³/mol. The van der Waals surface area contributed by atoms with Gasteiger partial charge in [0, 0.05) is 22.4 Å². The third kappa shape index (κ3) is 3.07. The summed E-state index contributed by atoms with van der Waals surface area (Å²) in [5.74, 6) is -0.0105. The molecule has 0 saturated carbocycles. The lowest BCUT2D eigenvalue weighted by Gasteiger charge is -2.14. The number of allylic oxidation sites excluding steroid dienone is 1. The first kappa shape index (κ1) is 16.7. The van der Waals surface area contributed by atoms with Crippen LogP contribution in [0.15, 0.2) is 41.3 Å². The molecule has 24 heavy (non-hydrogen) atoms. The molecule has 1 aliphatic carbocycles. The summed E-state index contributed by atoms with van der Waals surface area (Å²) >= 11 is 3.40. The first-order valence-electron chi connectivity index (χ1n) is 6.90. The Balaban J connectivity index is 2.11. The van der Waals surface area contributed by atoms with Crippen LogP contribution in [0.4, 0.5) is 4.39 Å². The summed E-state index contributed by atoms with van der Waals surface area (Å²) in [5, 5.41) is 8.92. The maximum Gasteiger partial charge on any atom is 0.175 e. The predicted octanol–water partition coefficient (Wildman–Crippen LogP) is 4.19. The summed E-state index contributed by atoms with van der Waals surface area (Å²) < 4.78 is 43.9. The molecule has 0 N–H and O–H groups in total. The van der Waals surface area contributed by atoms with Crippen molar-refractivity contribution in [2.24, 2.45) is 0 Å². The van der Waals surface area contributed by atoms with E-state index in [1.807, 2.05) is 12.1 Å². The molecule has 0 saturated heterocycles. The van der Waals surface area contributed by atoms with Crippen LogP contribution in [0.25, 0.3) is 4.48 Å². The normalized spacial score (nSPS) is 13.2. The van der Waals surface area contributed by atoms with E-state index in [4.69, 9.17) is 10.00 Å². The van der Waals surface area contributed by atoms with Gasteiger partial charge in [0.1, 0.15) is 17.3 Å². The number of nitrogens with zero attached hydrogens (tertiary/aromatic N) is 1. The highest BCUT2D eigenvalue weighted by molar-refractivity contribution is 9.15. The van der Waals surface area contributed by atoms with Gasteiger partial charge in [0.05, 0.1) is 16.5 Å². The maximum absolute atomic E-state index is 13.6. The number of nitriles is 1. The van der Waals surface area contributed by atoms with Crippen molar-refractivity contribution >= 4 is 30.2 Å². The first-order chi connectivity index (χ1) is 11.3. The Morgan fingerprint density at radius 3 is 2.71 bits per heavy atom. The lowest BCUT2D eigenvalue weighted by atomic mass is 10.1. The van der Waals surface area contributed by atoms with E-state index in [-0.39, 0.29) is 16.2 Å². The van der Waals surface area contributed by atoms with E-state index in [0.717, 1.165) is 16.8 Å². The smallest absolute Gasteiger partial charge is 0.175 e. The highest BCUT2D eigenvalue weighted by atomic mass is 79.9. The molecule has 0 radical (unpaired) electrons. The number of sulfone groups is 1. The van der Waals surface area contributed by atoms with Crippen molar-refractivity contribution in [3.8, 4) is 17.6 Å². The van der Waals surface area contributed by atoms with Gasteiger partial charge in [-0.1, -0.05) is 22.0 Å². The third-order valence-electron chi connectivity index (χ3n) is 3.58. The lowest BCUT2D eigenvalue weighted by Crippen LogP contribution is -2.03. The van der Waals surface area contributed by atoms with Gasteiger partial charge in [-0.3, -0.25) is 0 Å². The number of hydrogen-bond acceptors (Lipinski definition) is 4. The molecule has 0 heterocycles. The fourth-order valence-corrected chi connectivity index (χ4v) is 4.16. The van der Waals surface area contributed by atoms with Gasteiger partial charge in [-0.25, -0.2) is 12.8 Å². The molecular weight excluding hydrogens is 397 g/mol. The van der Waals surface area contributed by atoms with Gasteiger partial charge in [-0.15, -0.1) is 0 Å². The molecule has 122 valence electrons. The minimum Gasteiger partial charge on any atom is -0.457 e. The summed E-state index contributed by atoms with van der Waals surface area (Å²) in [4.78, 5) is 0.243. The molecule has 2 aromatic rings. The van der Waals surface area contributed by atoms with E-state index in [0.29, 0.717) is 23.3 Å². The van der Waals surface area contributed by atoms with Gasteiger partial charge in [-0.05, 0) is 36.2 Å². The number of rotatable bonds is 3. The van der Waals surface area contributed by atoms with Crippen LogP contribution in [0, 0.1) is 17.1 Å². The zero-order valence-electron chi connectivity index (χ0n) is 12.5. The maximum atomic E-state index is 13.6. The molecule has 0 aliphatic heterocycles. The van der Waals surface area contributed by atoms with E-state index in [2.05, 4.69) is 15.9 Å². The summed E-state index contributed by atoms with van der Waals surface area (Å²) in [6, 6.07) is 8.58. The number of halogens is 2. The van der Waals surface area contributed by atoms with Crippen LogP contribution < -0.4 is 4.74 Å². The lowest BCUT2D eigenvalue weighted by molar-refractivity contribution is 0.474. The quantitative estimate of drug-likeness (QED) is 0.764. The Morgan fingerprint density at radius 2 is 2.04 bits per heavy atom. The van der Waals surface area contributed by atoms with Gasteiger partial charge < -0.3 is 4.74 Å². The van der Waals surface area contributed by atoms with E-state index in [9.17, 15) is 12.8 Å². The Kier molecular flexibility index (Phi) is 4.20. The van der Waals surface area contributed by atoms with E-state index >= 15 is 0 Å². The molecule has 0 fully saturated rings. The summed E-state index contributed by atoms with van der Waals surface area (Å²) in [7, 11) is -3.37. The second-order valence-corrected chi connectivity index (χ2v) is 8.17. The molecule has 3 rings (SSSR count). The fraction of sp³-hybridized carbons (Fsp3) is 0.118. The Bertz CT molecular complexity index is 1020. The minimum absolute atomic E-state index is 0.143. The van der Waals surface area contributed by atoms with Crippen molar-refractivity contribution in [2.45, 2.75) is 11.3 Å². The van der Waals surface area contributed by atoms with Crippen LogP contribution in [0.2, 0.25) is 0 Å². The third-order valence-corrected chi connectivity index (χ3v) is 5.49. The molecular formula is C17H11BrFNO3S. The average molecular weight is 408 g/mol. The topological polar surface area (TPSA) is 67.2 Å². The van der Waals surface area contributed by atoms with Gasteiger partial charge in [0.2, 0.25) is 0 Å². The minimum atomic E-state index is -3.37. The molecule has 7 heteroatoms. The van der Waals surface area contributed by atoms with Crippen molar-refractivity contribution in [3.05, 3.63) is 58.9 Å². The van der Waals surface area contributed by atoms with Crippen LogP contribution >= 0.6 is 15.9 Å². The standard InChI is InChI=1S/C17H11BrFNO3S/c1-24(21,22)16-5-4-15(17-13(16)2-3-14(17)18)23-12-7-10(9-20)6-11(19)8-12/h3-8H,2H2,1H3. The zero-order valence-corrected chi connectivity index (χ0v) is 14.9. The molecule has 4 nitrogen and oxygen atoms in total. The SMILES string of the molecule is CS(=O)(=O)c1ccc(Oc2cc(F)cc(C#N)c2)c2c1CC=C2Br. The highest BCUT2D eigenvalue weighted by Crippen LogP contribution is 2.43. The molecule has 0 spiro atoms. The van der Waals surface area contributed by atoms with Crippen molar-refractivity contribution in [1.29, 1.82) is 5.26 Å². The van der Waals surface area contributed by atoms with Gasteiger partial charge in [0.15, 0.2) is 9.84 Å².